The Kier molecular flexibility index (Phi) is 6.80. The smallest absolute Gasteiger partial charge is 0.252 e. The minimum absolute atomic E-state index is 0.0140. The number of halogens is 4. The molecule has 1 aromatic rings. The number of hydrogen-bond acceptors (Lipinski definition) is 3. The normalized spacial score (nSPS) is 12.3. The molecule has 0 spiro atoms. The fraction of sp³-hybridized carbons (Fsp3) is 0.455. The molecule has 114 valence electrons. The van der Waals surface area contributed by atoms with Gasteiger partial charge in [-0.3, -0.25) is 0 Å². The molecule has 0 aromatic heterocycles. The van der Waals surface area contributed by atoms with E-state index >= 15 is 0 Å². The van der Waals surface area contributed by atoms with Gasteiger partial charge in [-0.25, -0.2) is 17.2 Å². The number of ether oxygens (including phenoxy) is 1. The zero-order valence-electron chi connectivity index (χ0n) is 10.5. The molecule has 0 aliphatic rings. The Balaban J connectivity index is 3.14. The second kappa shape index (κ2) is 7.65. The fourth-order valence-corrected chi connectivity index (χ4v) is 3.89. The van der Waals surface area contributed by atoms with Gasteiger partial charge in [-0.05, 0) is 18.2 Å². The van der Waals surface area contributed by atoms with Crippen LogP contribution in [0.25, 0.3) is 0 Å². The Morgan fingerprint density at radius 1 is 1.45 bits per heavy atom. The van der Waals surface area contributed by atoms with Crippen LogP contribution in [0.4, 0.5) is 8.78 Å². The maximum Gasteiger partial charge on any atom is 0.252 e. The first kappa shape index (κ1) is 17.8. The van der Waals surface area contributed by atoms with E-state index in [1.54, 1.807) is 0 Å². The van der Waals surface area contributed by atoms with Crippen LogP contribution in [0.5, 0.6) is 0 Å². The molecule has 4 nitrogen and oxygen atoms in total. The summed E-state index contributed by atoms with van der Waals surface area (Å²) in [5.74, 6) is 0. The molecule has 0 aliphatic heterocycles. The van der Waals surface area contributed by atoms with Crippen LogP contribution in [-0.2, 0) is 14.8 Å². The fourth-order valence-electron chi connectivity index (χ4n) is 1.48. The zero-order chi connectivity index (χ0) is 15.3. The predicted molar refractivity (Wildman–Crippen MR) is 75.8 cm³/mol. The molecule has 20 heavy (non-hydrogen) atoms. The number of sulfonamides is 1. The van der Waals surface area contributed by atoms with Crippen molar-refractivity contribution in [2.45, 2.75) is 11.3 Å². The second-order valence-electron chi connectivity index (χ2n) is 3.82. The lowest BCUT2D eigenvalue weighted by atomic mass is 10.4. The van der Waals surface area contributed by atoms with Crippen LogP contribution in [0, 0.1) is 0 Å². The van der Waals surface area contributed by atoms with Crippen molar-refractivity contribution < 1.29 is 21.9 Å². The van der Waals surface area contributed by atoms with Gasteiger partial charge in [-0.2, -0.15) is 4.31 Å². The number of rotatable bonds is 7. The first-order valence-corrected chi connectivity index (χ1v) is 8.12. The summed E-state index contributed by atoms with van der Waals surface area (Å²) < 4.78 is 55.8. The highest BCUT2D eigenvalue weighted by Gasteiger charge is 2.28. The highest BCUT2D eigenvalue weighted by atomic mass is 79.9. The number of nitrogens with zero attached hydrogens (tertiary/aromatic N) is 1. The molecule has 1 aromatic carbocycles. The molecular weight excluding hydrogens is 380 g/mol. The quantitative estimate of drug-likeness (QED) is 0.717. The topological polar surface area (TPSA) is 46.6 Å². The van der Waals surface area contributed by atoms with Gasteiger partial charge >= 0.3 is 0 Å². The van der Waals surface area contributed by atoms with Gasteiger partial charge in [0.25, 0.3) is 6.43 Å². The SMILES string of the molecule is COCCN(CC(F)F)S(=O)(=O)c1ccc(Br)cc1Cl. The largest absolute Gasteiger partial charge is 0.383 e. The van der Waals surface area contributed by atoms with Crippen LogP contribution in [0.15, 0.2) is 27.6 Å². The Bertz CT molecular complexity index is 557. The first-order chi connectivity index (χ1) is 9.28. The Hall–Kier alpha value is -0.280. The highest BCUT2D eigenvalue weighted by Crippen LogP contribution is 2.28. The van der Waals surface area contributed by atoms with Gasteiger partial charge in [-0.15, -0.1) is 0 Å². The molecule has 0 N–H and O–H groups in total. The number of alkyl halides is 2. The third kappa shape index (κ3) is 4.63. The van der Waals surface area contributed by atoms with E-state index in [4.69, 9.17) is 16.3 Å². The summed E-state index contributed by atoms with van der Waals surface area (Å²) in [5.41, 5.74) is 0. The number of methoxy groups -OCH3 is 1. The molecule has 0 bridgehead atoms. The molecule has 0 atom stereocenters. The van der Waals surface area contributed by atoms with Crippen LogP contribution in [0.1, 0.15) is 0 Å². The molecule has 1 rings (SSSR count). The van der Waals surface area contributed by atoms with E-state index in [9.17, 15) is 17.2 Å². The summed E-state index contributed by atoms with van der Waals surface area (Å²) in [5, 5.41) is -0.0314. The van der Waals surface area contributed by atoms with E-state index in [2.05, 4.69) is 15.9 Å². The average molecular weight is 393 g/mol. The summed E-state index contributed by atoms with van der Waals surface area (Å²) in [6.45, 7) is -1.06. The van der Waals surface area contributed by atoms with E-state index in [-0.39, 0.29) is 23.1 Å². The van der Waals surface area contributed by atoms with E-state index in [1.807, 2.05) is 0 Å². The summed E-state index contributed by atoms with van der Waals surface area (Å²) in [6.07, 6.45) is -2.78. The van der Waals surface area contributed by atoms with Gasteiger partial charge in [0, 0.05) is 18.1 Å². The average Bonchev–Trinajstić information content (AvgIpc) is 2.33. The number of benzene rings is 1. The maximum atomic E-state index is 12.5. The van der Waals surface area contributed by atoms with E-state index in [0.717, 1.165) is 0 Å². The molecule has 0 saturated carbocycles. The van der Waals surface area contributed by atoms with Gasteiger partial charge in [-0.1, -0.05) is 27.5 Å². The van der Waals surface area contributed by atoms with E-state index in [1.165, 1.54) is 25.3 Å². The van der Waals surface area contributed by atoms with E-state index in [0.29, 0.717) is 8.78 Å². The summed E-state index contributed by atoms with van der Waals surface area (Å²) in [4.78, 5) is -0.209. The molecule has 0 unspecified atom stereocenters. The van der Waals surface area contributed by atoms with Crippen molar-refractivity contribution >= 4 is 37.6 Å². The lowest BCUT2D eigenvalue weighted by Crippen LogP contribution is -2.37. The minimum atomic E-state index is -4.10. The van der Waals surface area contributed by atoms with Gasteiger partial charge in [0.2, 0.25) is 10.0 Å². The van der Waals surface area contributed by atoms with Crippen LogP contribution in [0.2, 0.25) is 5.02 Å². The lowest BCUT2D eigenvalue weighted by molar-refractivity contribution is 0.106. The molecule has 0 radical (unpaired) electrons. The van der Waals surface area contributed by atoms with Crippen LogP contribution in [0.3, 0.4) is 0 Å². The maximum absolute atomic E-state index is 12.5. The van der Waals surface area contributed by atoms with Gasteiger partial charge in [0.1, 0.15) is 4.90 Å². The highest BCUT2D eigenvalue weighted by molar-refractivity contribution is 9.10. The van der Waals surface area contributed by atoms with E-state index < -0.39 is 23.0 Å². The minimum Gasteiger partial charge on any atom is -0.383 e. The van der Waals surface area contributed by atoms with Crippen molar-refractivity contribution in [3.63, 3.8) is 0 Å². The molecule has 0 aliphatic carbocycles. The summed E-state index contributed by atoms with van der Waals surface area (Å²) >= 11 is 9.02. The van der Waals surface area contributed by atoms with Crippen molar-refractivity contribution in [3.05, 3.63) is 27.7 Å². The van der Waals surface area contributed by atoms with Crippen LogP contribution in [-0.4, -0.2) is 46.0 Å². The van der Waals surface area contributed by atoms with Crippen molar-refractivity contribution in [3.8, 4) is 0 Å². The molecule has 9 heteroatoms. The monoisotopic (exact) mass is 391 g/mol. The Morgan fingerprint density at radius 3 is 2.60 bits per heavy atom. The third-order valence-electron chi connectivity index (χ3n) is 2.40. The standard InChI is InChI=1S/C11H13BrClF2NO3S/c1-19-5-4-16(7-11(14)15)20(17,18)10-3-2-8(12)6-9(10)13/h2-3,6,11H,4-5,7H2,1H3. The molecule has 0 saturated heterocycles. The molecular formula is C11H13BrClF2NO3S. The third-order valence-corrected chi connectivity index (χ3v) is 5.24. The number of hydrogen-bond donors (Lipinski definition) is 0. The Labute approximate surface area is 129 Å². The van der Waals surface area contributed by atoms with Crippen LogP contribution < -0.4 is 0 Å². The predicted octanol–water partition coefficient (Wildman–Crippen LogP) is 3.00. The van der Waals surface area contributed by atoms with Gasteiger partial charge < -0.3 is 4.74 Å². The Morgan fingerprint density at radius 2 is 2.10 bits per heavy atom. The first-order valence-electron chi connectivity index (χ1n) is 5.51. The zero-order valence-corrected chi connectivity index (χ0v) is 13.7. The van der Waals surface area contributed by atoms with Gasteiger partial charge in [0.05, 0.1) is 18.2 Å². The summed E-state index contributed by atoms with van der Waals surface area (Å²) in [6, 6.07) is 4.15. The van der Waals surface area contributed by atoms with Crippen molar-refractivity contribution in [2.24, 2.45) is 0 Å². The van der Waals surface area contributed by atoms with Gasteiger partial charge in [0.15, 0.2) is 0 Å². The molecule has 0 amide bonds. The van der Waals surface area contributed by atoms with Crippen LogP contribution >= 0.6 is 27.5 Å². The summed E-state index contributed by atoms with van der Waals surface area (Å²) in [7, 11) is -2.73. The van der Waals surface area contributed by atoms with Crippen molar-refractivity contribution in [1.29, 1.82) is 0 Å². The second-order valence-corrected chi connectivity index (χ2v) is 7.05. The lowest BCUT2D eigenvalue weighted by Gasteiger charge is -2.22. The molecule has 0 fully saturated rings. The molecule has 0 heterocycles. The van der Waals surface area contributed by atoms with Crippen molar-refractivity contribution in [1.82, 2.24) is 4.31 Å². The van der Waals surface area contributed by atoms with Crippen molar-refractivity contribution in [2.75, 3.05) is 26.8 Å².